The smallest absolute Gasteiger partial charge is 0.255 e. The minimum absolute atomic E-state index is 0.0136. The molecule has 0 radical (unpaired) electrons. The molecular formula is C22H25N5O3S. The molecule has 1 amide bonds. The molecule has 162 valence electrons. The fourth-order valence-electron chi connectivity index (χ4n) is 3.85. The largest absolute Gasteiger partial charge is 0.322 e. The van der Waals surface area contributed by atoms with Gasteiger partial charge >= 0.3 is 0 Å². The topological polar surface area (TPSA) is 97.2 Å². The van der Waals surface area contributed by atoms with Gasteiger partial charge in [0.25, 0.3) is 5.91 Å². The van der Waals surface area contributed by atoms with Crippen molar-refractivity contribution in [1.29, 1.82) is 0 Å². The first-order chi connectivity index (χ1) is 14.9. The number of hydrogen-bond acceptors (Lipinski definition) is 5. The number of rotatable bonds is 6. The zero-order chi connectivity index (χ0) is 21.8. The zero-order valence-corrected chi connectivity index (χ0v) is 18.1. The molecule has 0 atom stereocenters. The summed E-state index contributed by atoms with van der Waals surface area (Å²) in [6.45, 7) is 0. The molecule has 8 nitrogen and oxygen atoms in total. The van der Waals surface area contributed by atoms with Crippen molar-refractivity contribution in [1.82, 2.24) is 19.1 Å². The van der Waals surface area contributed by atoms with E-state index in [0.717, 1.165) is 37.8 Å². The maximum atomic E-state index is 13.1. The summed E-state index contributed by atoms with van der Waals surface area (Å²) in [5, 5.41) is 6.87. The predicted molar refractivity (Wildman–Crippen MR) is 118 cm³/mol. The predicted octanol–water partition coefficient (Wildman–Crippen LogP) is 3.47. The quantitative estimate of drug-likeness (QED) is 0.634. The SMILES string of the molecule is CN(C1CCCCC1)S(=O)(=O)c1cccc(C(=O)Nc2ccc(-n3cncn3)cc2)c1. The van der Waals surface area contributed by atoms with Gasteiger partial charge in [-0.2, -0.15) is 9.40 Å². The Balaban J connectivity index is 1.49. The monoisotopic (exact) mass is 439 g/mol. The first-order valence-corrected chi connectivity index (χ1v) is 11.7. The third kappa shape index (κ3) is 4.67. The second kappa shape index (κ2) is 8.99. The van der Waals surface area contributed by atoms with E-state index in [0.29, 0.717) is 11.3 Å². The van der Waals surface area contributed by atoms with Crippen molar-refractivity contribution in [3.05, 3.63) is 66.7 Å². The number of hydrogen-bond donors (Lipinski definition) is 1. The molecule has 9 heteroatoms. The number of benzene rings is 2. The van der Waals surface area contributed by atoms with E-state index < -0.39 is 10.0 Å². The van der Waals surface area contributed by atoms with Crippen molar-refractivity contribution < 1.29 is 13.2 Å². The summed E-state index contributed by atoms with van der Waals surface area (Å²) in [7, 11) is -2.03. The second-order valence-electron chi connectivity index (χ2n) is 7.68. The number of carbonyl (C=O) groups is 1. The molecule has 0 aliphatic heterocycles. The van der Waals surface area contributed by atoms with E-state index in [1.807, 2.05) is 12.1 Å². The first-order valence-electron chi connectivity index (χ1n) is 10.3. The number of amides is 1. The maximum Gasteiger partial charge on any atom is 0.255 e. The Morgan fingerprint density at radius 3 is 2.52 bits per heavy atom. The average molecular weight is 440 g/mol. The molecule has 1 aromatic heterocycles. The molecule has 0 unspecified atom stereocenters. The molecule has 1 aliphatic rings. The standard InChI is InChI=1S/C22H25N5O3S/c1-26(19-7-3-2-4-8-19)31(29,30)21-9-5-6-17(14-21)22(28)25-18-10-12-20(13-11-18)27-16-23-15-24-27/h5-6,9-16,19H,2-4,7-8H2,1H3,(H,25,28). The van der Waals surface area contributed by atoms with Crippen LogP contribution in [0.3, 0.4) is 0 Å². The lowest BCUT2D eigenvalue weighted by Gasteiger charge is -2.30. The number of carbonyl (C=O) groups excluding carboxylic acids is 1. The van der Waals surface area contributed by atoms with E-state index in [2.05, 4.69) is 15.4 Å². The lowest BCUT2D eigenvalue weighted by atomic mass is 9.96. The summed E-state index contributed by atoms with van der Waals surface area (Å²) in [6.07, 6.45) is 8.03. The van der Waals surface area contributed by atoms with Gasteiger partial charge in [0.15, 0.2) is 0 Å². The van der Waals surface area contributed by atoms with E-state index in [-0.39, 0.29) is 16.8 Å². The number of sulfonamides is 1. The van der Waals surface area contributed by atoms with E-state index in [1.165, 1.54) is 16.7 Å². The van der Waals surface area contributed by atoms with Gasteiger partial charge in [-0.3, -0.25) is 4.79 Å². The molecule has 1 fully saturated rings. The van der Waals surface area contributed by atoms with E-state index in [4.69, 9.17) is 0 Å². The Morgan fingerprint density at radius 2 is 1.84 bits per heavy atom. The van der Waals surface area contributed by atoms with E-state index in [1.54, 1.807) is 48.4 Å². The first kappa shape index (κ1) is 21.2. The van der Waals surface area contributed by atoms with E-state index in [9.17, 15) is 13.2 Å². The van der Waals surface area contributed by atoms with Crippen LogP contribution in [-0.2, 0) is 10.0 Å². The minimum atomic E-state index is -3.66. The average Bonchev–Trinajstić information content (AvgIpc) is 3.35. The molecule has 1 saturated carbocycles. The summed E-state index contributed by atoms with van der Waals surface area (Å²) >= 11 is 0. The van der Waals surface area contributed by atoms with Gasteiger partial charge in [-0.05, 0) is 55.3 Å². The van der Waals surface area contributed by atoms with Crippen LogP contribution in [0.4, 0.5) is 5.69 Å². The highest BCUT2D eigenvalue weighted by atomic mass is 32.2. The van der Waals surface area contributed by atoms with Crippen LogP contribution in [0, 0.1) is 0 Å². The minimum Gasteiger partial charge on any atom is -0.322 e. The van der Waals surface area contributed by atoms with E-state index >= 15 is 0 Å². The molecule has 1 aliphatic carbocycles. The normalized spacial score (nSPS) is 15.2. The molecule has 3 aromatic rings. The zero-order valence-electron chi connectivity index (χ0n) is 17.3. The van der Waals surface area contributed by atoms with Gasteiger partial charge < -0.3 is 5.32 Å². The highest BCUT2D eigenvalue weighted by molar-refractivity contribution is 7.89. The Hall–Kier alpha value is -3.04. The molecule has 2 aromatic carbocycles. The van der Waals surface area contributed by atoms with Crippen LogP contribution in [0.2, 0.25) is 0 Å². The van der Waals surface area contributed by atoms with Crippen molar-refractivity contribution in [2.75, 3.05) is 12.4 Å². The van der Waals surface area contributed by atoms with Gasteiger partial charge in [0.05, 0.1) is 10.6 Å². The van der Waals surface area contributed by atoms with Gasteiger partial charge in [0.1, 0.15) is 12.7 Å². The molecule has 31 heavy (non-hydrogen) atoms. The van der Waals surface area contributed by atoms with Crippen LogP contribution in [0.15, 0.2) is 66.1 Å². The number of nitrogens with one attached hydrogen (secondary N) is 1. The maximum absolute atomic E-state index is 13.1. The Kier molecular flexibility index (Phi) is 6.15. The highest BCUT2D eigenvalue weighted by Crippen LogP contribution is 2.27. The molecule has 0 bridgehead atoms. The Morgan fingerprint density at radius 1 is 1.10 bits per heavy atom. The van der Waals surface area contributed by atoms with Crippen LogP contribution in [0.1, 0.15) is 42.5 Å². The van der Waals surface area contributed by atoms with Crippen LogP contribution >= 0.6 is 0 Å². The summed E-state index contributed by atoms with van der Waals surface area (Å²) in [5.74, 6) is -0.370. The van der Waals surface area contributed by atoms with Gasteiger partial charge in [-0.15, -0.1) is 0 Å². The fourth-order valence-corrected chi connectivity index (χ4v) is 5.31. The molecule has 0 spiro atoms. The van der Waals surface area contributed by atoms with Crippen molar-refractivity contribution in [2.45, 2.75) is 43.0 Å². The van der Waals surface area contributed by atoms with Crippen LogP contribution in [-0.4, -0.2) is 46.5 Å². The summed E-state index contributed by atoms with van der Waals surface area (Å²) in [5.41, 5.74) is 1.70. The molecule has 0 saturated heterocycles. The number of nitrogens with zero attached hydrogens (tertiary/aromatic N) is 4. The lowest BCUT2D eigenvalue weighted by Crippen LogP contribution is -2.38. The molecule has 1 heterocycles. The van der Waals surface area contributed by atoms with Crippen LogP contribution in [0.5, 0.6) is 0 Å². The number of anilines is 1. The fraction of sp³-hybridized carbons (Fsp3) is 0.318. The van der Waals surface area contributed by atoms with Gasteiger partial charge in [0, 0.05) is 24.3 Å². The Labute approximate surface area is 182 Å². The van der Waals surface area contributed by atoms with Crippen molar-refractivity contribution >= 4 is 21.6 Å². The molecular weight excluding hydrogens is 414 g/mol. The summed E-state index contributed by atoms with van der Waals surface area (Å²) in [4.78, 5) is 16.8. The third-order valence-corrected chi connectivity index (χ3v) is 7.58. The number of aromatic nitrogens is 3. The van der Waals surface area contributed by atoms with Crippen LogP contribution in [0.25, 0.3) is 5.69 Å². The third-order valence-electron chi connectivity index (χ3n) is 5.67. The van der Waals surface area contributed by atoms with Crippen molar-refractivity contribution in [2.24, 2.45) is 0 Å². The van der Waals surface area contributed by atoms with Gasteiger partial charge in [-0.1, -0.05) is 25.3 Å². The van der Waals surface area contributed by atoms with Crippen molar-refractivity contribution in [3.8, 4) is 5.69 Å². The van der Waals surface area contributed by atoms with Crippen molar-refractivity contribution in [3.63, 3.8) is 0 Å². The van der Waals surface area contributed by atoms with Gasteiger partial charge in [-0.25, -0.2) is 18.1 Å². The van der Waals surface area contributed by atoms with Crippen LogP contribution < -0.4 is 5.32 Å². The summed E-state index contributed by atoms with van der Waals surface area (Å²) in [6, 6.07) is 13.3. The lowest BCUT2D eigenvalue weighted by molar-refractivity contribution is 0.102. The molecule has 4 rings (SSSR count). The van der Waals surface area contributed by atoms with Gasteiger partial charge in [0.2, 0.25) is 10.0 Å². The summed E-state index contributed by atoms with van der Waals surface area (Å²) < 4.78 is 29.3. The highest BCUT2D eigenvalue weighted by Gasteiger charge is 2.29. The second-order valence-corrected chi connectivity index (χ2v) is 9.68. The molecule has 1 N–H and O–H groups in total. The Bertz CT molecular complexity index is 1140.